The summed E-state index contributed by atoms with van der Waals surface area (Å²) in [5.41, 5.74) is 3.25. The lowest BCUT2D eigenvalue weighted by molar-refractivity contribution is -0.130. The Bertz CT molecular complexity index is 1220. The Balaban J connectivity index is 1.34. The number of carbonyl (C=O) groups excluding carboxylic acids is 4. The molecule has 0 radical (unpaired) electrons. The molecule has 178 valence electrons. The number of Topliss-reactive ketones (excluding diaryl/α,β-unsaturated/α-hetero) is 1. The molecule has 11 heteroatoms. The fourth-order valence-electron chi connectivity index (χ4n) is 3.72. The van der Waals surface area contributed by atoms with Gasteiger partial charge < -0.3 is 4.74 Å². The molecule has 0 spiro atoms. The zero-order chi connectivity index (χ0) is 24.3. The SMILES string of the molecule is O=C1CCC(=O)N(c2ccc(C(=O)OCC(=O)c3ccc(S(=O)(=O)N4CCCC4)cc3)cc2)N1. The van der Waals surface area contributed by atoms with Gasteiger partial charge in [0.2, 0.25) is 21.8 Å². The molecular weight excluding hydrogens is 462 g/mol. The molecule has 2 aliphatic heterocycles. The molecule has 0 unspecified atom stereocenters. The van der Waals surface area contributed by atoms with Gasteiger partial charge in [-0.2, -0.15) is 4.31 Å². The van der Waals surface area contributed by atoms with Gasteiger partial charge in [-0.15, -0.1) is 0 Å². The van der Waals surface area contributed by atoms with Crippen LogP contribution in [0.4, 0.5) is 5.69 Å². The zero-order valence-corrected chi connectivity index (χ0v) is 19.0. The van der Waals surface area contributed by atoms with Crippen molar-refractivity contribution in [2.24, 2.45) is 0 Å². The summed E-state index contributed by atoms with van der Waals surface area (Å²) in [5, 5.41) is 1.12. The average molecular weight is 486 g/mol. The first-order valence-corrected chi connectivity index (χ1v) is 12.2. The van der Waals surface area contributed by atoms with Crippen LogP contribution in [-0.2, 0) is 24.3 Å². The van der Waals surface area contributed by atoms with Gasteiger partial charge in [-0.05, 0) is 61.4 Å². The van der Waals surface area contributed by atoms with Crippen LogP contribution in [0.1, 0.15) is 46.4 Å². The Morgan fingerprint density at radius 3 is 2.15 bits per heavy atom. The first kappa shape index (κ1) is 23.6. The summed E-state index contributed by atoms with van der Waals surface area (Å²) in [6, 6.07) is 11.4. The third-order valence-electron chi connectivity index (χ3n) is 5.63. The second-order valence-corrected chi connectivity index (χ2v) is 9.88. The average Bonchev–Trinajstić information content (AvgIpc) is 3.40. The van der Waals surface area contributed by atoms with Crippen molar-refractivity contribution in [1.82, 2.24) is 9.73 Å². The quantitative estimate of drug-likeness (QED) is 0.466. The molecule has 10 nitrogen and oxygen atoms in total. The van der Waals surface area contributed by atoms with E-state index in [1.165, 1.54) is 52.8 Å². The van der Waals surface area contributed by atoms with Crippen LogP contribution in [-0.4, -0.2) is 56.0 Å². The summed E-state index contributed by atoms with van der Waals surface area (Å²) >= 11 is 0. The van der Waals surface area contributed by atoms with Gasteiger partial charge >= 0.3 is 5.97 Å². The Hall–Kier alpha value is -3.57. The van der Waals surface area contributed by atoms with E-state index in [0.717, 1.165) is 17.9 Å². The predicted octanol–water partition coefficient (Wildman–Crippen LogP) is 1.67. The highest BCUT2D eigenvalue weighted by Crippen LogP contribution is 2.21. The standard InChI is InChI=1S/C23H23N3O7S/c27-20(16-5-9-19(10-6-16)34(31,32)25-13-1-2-14-25)15-33-23(30)17-3-7-18(8-4-17)26-22(29)12-11-21(28)24-26/h3-10H,1-2,11-15H2,(H,24,28). The molecule has 0 bridgehead atoms. The number of amides is 2. The van der Waals surface area contributed by atoms with E-state index in [0.29, 0.717) is 18.8 Å². The molecule has 0 saturated carbocycles. The number of ether oxygens (including phenoxy) is 1. The lowest BCUT2D eigenvalue weighted by Gasteiger charge is -2.27. The lowest BCUT2D eigenvalue weighted by Crippen LogP contribution is -2.50. The van der Waals surface area contributed by atoms with E-state index in [4.69, 9.17) is 4.74 Å². The van der Waals surface area contributed by atoms with Crippen molar-refractivity contribution >= 4 is 39.3 Å². The van der Waals surface area contributed by atoms with E-state index < -0.39 is 28.4 Å². The van der Waals surface area contributed by atoms with E-state index in [2.05, 4.69) is 5.43 Å². The number of benzene rings is 2. The number of nitrogens with zero attached hydrogens (tertiary/aromatic N) is 2. The number of esters is 1. The summed E-state index contributed by atoms with van der Waals surface area (Å²) in [6.45, 7) is 0.464. The van der Waals surface area contributed by atoms with Crippen LogP contribution >= 0.6 is 0 Å². The van der Waals surface area contributed by atoms with Crippen molar-refractivity contribution in [3.05, 3.63) is 59.7 Å². The van der Waals surface area contributed by atoms with Crippen molar-refractivity contribution < 1.29 is 32.3 Å². The van der Waals surface area contributed by atoms with Crippen LogP contribution in [0.15, 0.2) is 53.4 Å². The zero-order valence-electron chi connectivity index (χ0n) is 18.2. The molecule has 0 aromatic heterocycles. The maximum atomic E-state index is 12.6. The van der Waals surface area contributed by atoms with E-state index in [-0.39, 0.29) is 40.7 Å². The number of hydrogen-bond acceptors (Lipinski definition) is 7. The molecule has 2 fully saturated rings. The monoisotopic (exact) mass is 485 g/mol. The minimum atomic E-state index is -3.57. The van der Waals surface area contributed by atoms with Crippen molar-refractivity contribution in [3.8, 4) is 0 Å². The first-order valence-electron chi connectivity index (χ1n) is 10.8. The molecule has 2 amide bonds. The molecule has 34 heavy (non-hydrogen) atoms. The van der Waals surface area contributed by atoms with Crippen LogP contribution < -0.4 is 10.4 Å². The van der Waals surface area contributed by atoms with Crippen molar-refractivity contribution in [2.75, 3.05) is 24.7 Å². The largest absolute Gasteiger partial charge is 0.454 e. The molecule has 2 aromatic rings. The van der Waals surface area contributed by atoms with Crippen LogP contribution in [0.3, 0.4) is 0 Å². The number of hydrogen-bond donors (Lipinski definition) is 1. The molecule has 0 atom stereocenters. The number of hydrazine groups is 1. The molecule has 2 saturated heterocycles. The number of carbonyl (C=O) groups is 4. The van der Waals surface area contributed by atoms with Crippen molar-refractivity contribution in [2.45, 2.75) is 30.6 Å². The van der Waals surface area contributed by atoms with Gasteiger partial charge in [0.05, 0.1) is 16.1 Å². The molecule has 2 aromatic carbocycles. The summed E-state index contributed by atoms with van der Waals surface area (Å²) in [7, 11) is -3.57. The molecule has 4 rings (SSSR count). The van der Waals surface area contributed by atoms with Crippen LogP contribution in [0.2, 0.25) is 0 Å². The highest BCUT2D eigenvalue weighted by molar-refractivity contribution is 7.89. The Morgan fingerprint density at radius 1 is 0.882 bits per heavy atom. The number of ketones is 1. The second kappa shape index (κ2) is 9.74. The number of rotatable bonds is 7. The number of nitrogens with one attached hydrogen (secondary N) is 1. The summed E-state index contributed by atoms with van der Waals surface area (Å²) in [4.78, 5) is 48.3. The minimum absolute atomic E-state index is 0.100. The van der Waals surface area contributed by atoms with Crippen LogP contribution in [0.5, 0.6) is 0 Å². The van der Waals surface area contributed by atoms with Crippen molar-refractivity contribution in [1.29, 1.82) is 0 Å². The second-order valence-electron chi connectivity index (χ2n) is 7.95. The summed E-state index contributed by atoms with van der Waals surface area (Å²) in [6.07, 6.45) is 1.89. The maximum absolute atomic E-state index is 12.6. The Kier molecular flexibility index (Phi) is 6.75. The fraction of sp³-hybridized carbons (Fsp3) is 0.304. The van der Waals surface area contributed by atoms with Gasteiger partial charge in [-0.25, -0.2) is 18.2 Å². The van der Waals surface area contributed by atoms with Gasteiger partial charge in [0, 0.05) is 31.5 Å². The van der Waals surface area contributed by atoms with E-state index in [1.54, 1.807) is 0 Å². The third kappa shape index (κ3) is 5.00. The molecular formula is C23H23N3O7S. The molecule has 2 heterocycles. The van der Waals surface area contributed by atoms with Gasteiger partial charge in [0.15, 0.2) is 12.4 Å². The number of anilines is 1. The van der Waals surface area contributed by atoms with Gasteiger partial charge in [0.1, 0.15) is 0 Å². The highest BCUT2D eigenvalue weighted by Gasteiger charge is 2.27. The van der Waals surface area contributed by atoms with E-state index in [1.807, 2.05) is 0 Å². The predicted molar refractivity (Wildman–Crippen MR) is 120 cm³/mol. The highest BCUT2D eigenvalue weighted by atomic mass is 32.2. The molecule has 1 N–H and O–H groups in total. The third-order valence-corrected chi connectivity index (χ3v) is 7.54. The topological polar surface area (TPSA) is 130 Å². The van der Waals surface area contributed by atoms with Crippen LogP contribution in [0.25, 0.3) is 0 Å². The Morgan fingerprint density at radius 2 is 1.50 bits per heavy atom. The van der Waals surface area contributed by atoms with E-state index in [9.17, 15) is 27.6 Å². The smallest absolute Gasteiger partial charge is 0.338 e. The first-order chi connectivity index (χ1) is 16.3. The van der Waals surface area contributed by atoms with Gasteiger partial charge in [-0.3, -0.25) is 19.8 Å². The maximum Gasteiger partial charge on any atom is 0.338 e. The summed E-state index contributed by atoms with van der Waals surface area (Å²) < 4.78 is 31.7. The van der Waals surface area contributed by atoms with E-state index >= 15 is 0 Å². The molecule has 0 aliphatic carbocycles. The normalized spacial score (nSPS) is 16.9. The van der Waals surface area contributed by atoms with Gasteiger partial charge in [0.25, 0.3) is 0 Å². The minimum Gasteiger partial charge on any atom is -0.454 e. The number of sulfonamides is 1. The van der Waals surface area contributed by atoms with Crippen molar-refractivity contribution in [3.63, 3.8) is 0 Å². The molecule has 2 aliphatic rings. The van der Waals surface area contributed by atoms with Gasteiger partial charge in [-0.1, -0.05) is 0 Å². The Labute approximate surface area is 196 Å². The fourth-order valence-corrected chi connectivity index (χ4v) is 5.24. The van der Waals surface area contributed by atoms with Crippen LogP contribution in [0, 0.1) is 0 Å². The summed E-state index contributed by atoms with van der Waals surface area (Å²) in [5.74, 6) is -1.75. The lowest BCUT2D eigenvalue weighted by atomic mass is 10.1.